The monoisotopic (exact) mass is 1090 g/mol. The molecule has 0 amide bonds. The van der Waals surface area contributed by atoms with Gasteiger partial charge in [-0.25, -0.2) is 4.57 Å². The van der Waals surface area contributed by atoms with Gasteiger partial charge in [-0.2, -0.15) is 0 Å². The number of hydrogen-bond acceptors (Lipinski definition) is 7. The minimum Gasteiger partial charge on any atom is -0.462 e. The highest BCUT2D eigenvalue weighted by atomic mass is 31.2. The van der Waals surface area contributed by atoms with Crippen LogP contribution in [0.1, 0.15) is 168 Å². The highest BCUT2D eigenvalue weighted by molar-refractivity contribution is 7.47. The molecular weight excluding hydrogens is 990 g/mol. The normalized spacial score (nSPS) is 14.7. The van der Waals surface area contributed by atoms with E-state index in [1.165, 1.54) is 0 Å². The number of allylic oxidation sites excluding steroid dienone is 32. The summed E-state index contributed by atoms with van der Waals surface area (Å²) in [5.41, 5.74) is 0. The van der Waals surface area contributed by atoms with E-state index in [2.05, 4.69) is 208 Å². The summed E-state index contributed by atoms with van der Waals surface area (Å²) in [5, 5.41) is 0. The molecule has 10 heteroatoms. The maximum Gasteiger partial charge on any atom is 0.472 e. The van der Waals surface area contributed by atoms with Crippen molar-refractivity contribution in [3.8, 4) is 0 Å². The van der Waals surface area contributed by atoms with Crippen LogP contribution in [-0.2, 0) is 32.7 Å². The Hall–Kier alpha value is -5.15. The topological polar surface area (TPSA) is 108 Å². The first-order valence-corrected chi connectivity index (χ1v) is 30.7. The molecule has 0 radical (unpaired) electrons. The van der Waals surface area contributed by atoms with Crippen molar-refractivity contribution in [2.24, 2.45) is 0 Å². The fraction of sp³-hybridized carbons (Fsp3) is 0.500. The molecule has 0 fully saturated rings. The van der Waals surface area contributed by atoms with Crippen LogP contribution in [0.25, 0.3) is 0 Å². The number of carbonyl (C=O) groups is 2. The molecule has 0 aromatic carbocycles. The summed E-state index contributed by atoms with van der Waals surface area (Å²) in [7, 11) is 1.39. The molecule has 0 heterocycles. The Bertz CT molecular complexity index is 2010. The molecule has 0 saturated heterocycles. The minimum atomic E-state index is -4.43. The highest BCUT2D eigenvalue weighted by Crippen LogP contribution is 2.43. The first-order chi connectivity index (χ1) is 38.0. The number of phosphoric ester groups is 1. The molecule has 434 valence electrons. The van der Waals surface area contributed by atoms with Crippen molar-refractivity contribution >= 4 is 19.8 Å². The summed E-state index contributed by atoms with van der Waals surface area (Å²) >= 11 is 0. The average molecular weight is 1100 g/mol. The standard InChI is InChI=1S/C68H104NO8P/c1-6-8-10-12-14-16-18-20-22-24-26-28-29-30-31-32-33-34-35-36-37-38-39-41-43-45-47-49-51-53-55-57-59-61-68(71)77-66(65-76-78(72,73)75-63-62-69(3,4)5)64-74-67(70)60-58-56-54-52-50-48-46-44-42-40-27-25-23-21-19-17-15-13-11-9-7-2/h8-11,14-17,20-23,26-28,30-31,33-34,36-37,39-41,44-47,50-53,66H,6-7,12-13,18-19,24-25,29,32,35,38,42-43,48-49,54-65H2,1-5H3/p+1/b10-8-,11-9-,16-14-,17-15-,22-20-,23-21-,28-26-,31-30-,34-33-,37-36-,40-27-,41-39-,46-44-,47-45-,52-50-,53-51-. The molecule has 0 saturated carbocycles. The van der Waals surface area contributed by atoms with Gasteiger partial charge in [0.2, 0.25) is 0 Å². The fourth-order valence-electron chi connectivity index (χ4n) is 6.69. The van der Waals surface area contributed by atoms with Crippen LogP contribution in [0.3, 0.4) is 0 Å². The fourth-order valence-corrected chi connectivity index (χ4v) is 7.43. The van der Waals surface area contributed by atoms with E-state index in [0.29, 0.717) is 23.9 Å². The zero-order valence-electron chi connectivity index (χ0n) is 49.1. The molecule has 78 heavy (non-hydrogen) atoms. The number of unbranched alkanes of at least 4 members (excludes halogenated alkanes) is 4. The third-order valence-electron chi connectivity index (χ3n) is 11.1. The smallest absolute Gasteiger partial charge is 0.462 e. The summed E-state index contributed by atoms with van der Waals surface area (Å²) in [6, 6.07) is 0. The second-order valence-corrected chi connectivity index (χ2v) is 21.0. The third-order valence-corrected chi connectivity index (χ3v) is 12.1. The van der Waals surface area contributed by atoms with Gasteiger partial charge in [0.05, 0.1) is 27.7 Å². The molecule has 0 rings (SSSR count). The molecular formula is C68H105NO8P+. The van der Waals surface area contributed by atoms with E-state index in [4.69, 9.17) is 18.5 Å². The number of esters is 2. The number of hydrogen-bond donors (Lipinski definition) is 1. The molecule has 2 atom stereocenters. The molecule has 0 aliphatic heterocycles. The lowest BCUT2D eigenvalue weighted by atomic mass is 10.1. The van der Waals surface area contributed by atoms with Gasteiger partial charge in [0.15, 0.2) is 6.10 Å². The van der Waals surface area contributed by atoms with Gasteiger partial charge in [-0.15, -0.1) is 0 Å². The van der Waals surface area contributed by atoms with Crippen molar-refractivity contribution in [1.29, 1.82) is 0 Å². The van der Waals surface area contributed by atoms with E-state index >= 15 is 0 Å². The van der Waals surface area contributed by atoms with Crippen LogP contribution >= 0.6 is 7.82 Å². The van der Waals surface area contributed by atoms with Crippen molar-refractivity contribution in [3.63, 3.8) is 0 Å². The summed E-state index contributed by atoms with van der Waals surface area (Å²) < 4.78 is 34.4. The van der Waals surface area contributed by atoms with E-state index in [0.717, 1.165) is 128 Å². The second-order valence-electron chi connectivity index (χ2n) is 19.6. The lowest BCUT2D eigenvalue weighted by molar-refractivity contribution is -0.870. The van der Waals surface area contributed by atoms with E-state index < -0.39 is 32.5 Å². The number of nitrogens with zero attached hydrogens (tertiary/aromatic N) is 1. The van der Waals surface area contributed by atoms with E-state index in [1.54, 1.807) is 0 Å². The Kier molecular flexibility index (Phi) is 52.8. The van der Waals surface area contributed by atoms with Gasteiger partial charge in [0.1, 0.15) is 19.8 Å². The second kappa shape index (κ2) is 56.6. The van der Waals surface area contributed by atoms with Gasteiger partial charge in [0, 0.05) is 12.8 Å². The first-order valence-electron chi connectivity index (χ1n) is 29.2. The number of carbonyl (C=O) groups excluding carboxylic acids is 2. The van der Waals surface area contributed by atoms with Crippen LogP contribution in [0.5, 0.6) is 0 Å². The molecule has 9 nitrogen and oxygen atoms in total. The molecule has 2 unspecified atom stereocenters. The molecule has 1 N–H and O–H groups in total. The van der Waals surface area contributed by atoms with E-state index in [1.807, 2.05) is 21.1 Å². The number of rotatable bonds is 50. The molecule has 0 aromatic heterocycles. The SMILES string of the molecule is CC/C=C\C/C=C\C/C=C\C/C=C\C/C=C\C/C=C\C/C=C\C/C=C\C/C=C\C/C=C\CCCCC(=O)OC(COC(=O)CCCC/C=C\C/C=C\C/C=C\C/C=C\C/C=C\C/C=C\CC)COP(=O)(O)OCC[N+](C)(C)C. The molecule has 0 bridgehead atoms. The van der Waals surface area contributed by atoms with Crippen LogP contribution in [0.15, 0.2) is 194 Å². The average Bonchev–Trinajstić information content (AvgIpc) is 3.41. The van der Waals surface area contributed by atoms with Gasteiger partial charge in [0.25, 0.3) is 0 Å². The maximum absolute atomic E-state index is 12.8. The summed E-state index contributed by atoms with van der Waals surface area (Å²) in [4.78, 5) is 35.7. The van der Waals surface area contributed by atoms with Crippen molar-refractivity contribution in [2.45, 2.75) is 174 Å². The predicted molar refractivity (Wildman–Crippen MR) is 334 cm³/mol. The zero-order valence-corrected chi connectivity index (χ0v) is 49.9. The van der Waals surface area contributed by atoms with Gasteiger partial charge >= 0.3 is 19.8 Å². The van der Waals surface area contributed by atoms with E-state index in [9.17, 15) is 19.0 Å². The zero-order chi connectivity index (χ0) is 57.0. The quantitative estimate of drug-likeness (QED) is 0.0211. The van der Waals surface area contributed by atoms with Gasteiger partial charge in [-0.3, -0.25) is 18.6 Å². The van der Waals surface area contributed by atoms with Crippen LogP contribution in [0, 0.1) is 0 Å². The number of likely N-dealkylation sites (N-methyl/N-ethyl adjacent to an activating group) is 1. The lowest BCUT2D eigenvalue weighted by Gasteiger charge is -2.24. The Balaban J connectivity index is 4.40. The summed E-state index contributed by atoms with van der Waals surface area (Å²) in [6.45, 7) is 4.05. The Morgan fingerprint density at radius 1 is 0.397 bits per heavy atom. The molecule has 0 aliphatic carbocycles. The first kappa shape index (κ1) is 72.8. The van der Waals surface area contributed by atoms with Gasteiger partial charge in [-0.05, 0) is 141 Å². The number of phosphoric acid groups is 1. The van der Waals surface area contributed by atoms with Crippen LogP contribution in [-0.4, -0.2) is 74.9 Å². The number of quaternary nitrogens is 1. The maximum atomic E-state index is 12.8. The summed E-state index contributed by atoms with van der Waals surface area (Å²) in [5.74, 6) is -0.921. The van der Waals surface area contributed by atoms with E-state index in [-0.39, 0.29) is 26.1 Å². The lowest BCUT2D eigenvalue weighted by Crippen LogP contribution is -2.37. The van der Waals surface area contributed by atoms with Gasteiger partial charge in [-0.1, -0.05) is 208 Å². The number of ether oxygens (including phenoxy) is 2. The van der Waals surface area contributed by atoms with Crippen molar-refractivity contribution in [1.82, 2.24) is 0 Å². The minimum absolute atomic E-state index is 0.00308. The predicted octanol–water partition coefficient (Wildman–Crippen LogP) is 18.6. The molecule has 0 aromatic rings. The van der Waals surface area contributed by atoms with Crippen LogP contribution in [0.4, 0.5) is 0 Å². The Morgan fingerprint density at radius 3 is 0.974 bits per heavy atom. The molecule has 0 spiro atoms. The summed E-state index contributed by atoms with van der Waals surface area (Å²) in [6.07, 6.45) is 89.4. The highest BCUT2D eigenvalue weighted by Gasteiger charge is 2.27. The van der Waals surface area contributed by atoms with Crippen LogP contribution < -0.4 is 0 Å². The van der Waals surface area contributed by atoms with Crippen molar-refractivity contribution in [2.75, 3.05) is 47.5 Å². The Labute approximate surface area is 475 Å². The third kappa shape index (κ3) is 60.1. The van der Waals surface area contributed by atoms with Crippen molar-refractivity contribution < 1.29 is 42.1 Å². The van der Waals surface area contributed by atoms with Crippen LogP contribution in [0.2, 0.25) is 0 Å². The largest absolute Gasteiger partial charge is 0.472 e. The van der Waals surface area contributed by atoms with Gasteiger partial charge < -0.3 is 18.9 Å². The van der Waals surface area contributed by atoms with Crippen molar-refractivity contribution in [3.05, 3.63) is 194 Å². The Morgan fingerprint density at radius 2 is 0.679 bits per heavy atom. The molecule has 0 aliphatic rings.